The molecule has 0 bridgehead atoms. The van der Waals surface area contributed by atoms with Crippen molar-refractivity contribution >= 4 is 21.8 Å². The highest BCUT2D eigenvalue weighted by molar-refractivity contribution is 9.10. The summed E-state index contributed by atoms with van der Waals surface area (Å²) in [5.41, 5.74) is -0.893. The van der Waals surface area contributed by atoms with Crippen LogP contribution in [0.1, 0.15) is 24.4 Å². The Morgan fingerprint density at radius 3 is 2.71 bits per heavy atom. The molecule has 0 atom stereocenters. The molecule has 1 amide bonds. The average molecular weight is 257 g/mol. The number of nitrogens with zero attached hydrogens (tertiary/aromatic N) is 1. The van der Waals surface area contributed by atoms with E-state index in [1.807, 2.05) is 6.07 Å². The highest BCUT2D eigenvalue weighted by atomic mass is 79.9. The quantitative estimate of drug-likeness (QED) is 0.881. The number of hydrogen-bond acceptors (Lipinski definition) is 3. The van der Waals surface area contributed by atoms with E-state index in [1.165, 1.54) is 6.07 Å². The van der Waals surface area contributed by atoms with Crippen LogP contribution < -0.4 is 5.32 Å². The summed E-state index contributed by atoms with van der Waals surface area (Å²) >= 11 is 3.09. The van der Waals surface area contributed by atoms with Crippen molar-refractivity contribution in [1.29, 1.82) is 5.26 Å². The molecule has 0 aliphatic rings. The van der Waals surface area contributed by atoms with Gasteiger partial charge in [0.25, 0.3) is 5.91 Å². The lowest BCUT2D eigenvalue weighted by atomic mass is 10.1. The van der Waals surface area contributed by atoms with Gasteiger partial charge in [0.15, 0.2) is 10.4 Å². The topological polar surface area (TPSA) is 66.0 Å². The summed E-state index contributed by atoms with van der Waals surface area (Å²) in [7, 11) is 0. The molecule has 1 aromatic rings. The van der Waals surface area contributed by atoms with Crippen LogP contribution in [-0.2, 0) is 0 Å². The van der Waals surface area contributed by atoms with Gasteiger partial charge in [0.1, 0.15) is 5.54 Å². The Kier molecular flexibility index (Phi) is 2.96. The highest BCUT2D eigenvalue weighted by Crippen LogP contribution is 2.14. The van der Waals surface area contributed by atoms with Crippen LogP contribution in [-0.4, -0.2) is 11.4 Å². The normalized spacial score (nSPS) is 10.7. The number of hydrogen-bond donors (Lipinski definition) is 1. The minimum atomic E-state index is -0.893. The van der Waals surface area contributed by atoms with Gasteiger partial charge in [-0.1, -0.05) is 0 Å². The number of carbonyl (C=O) groups is 1. The van der Waals surface area contributed by atoms with Crippen molar-refractivity contribution in [2.24, 2.45) is 0 Å². The summed E-state index contributed by atoms with van der Waals surface area (Å²) in [6.07, 6.45) is 0. The Morgan fingerprint density at radius 2 is 2.29 bits per heavy atom. The number of rotatable bonds is 2. The van der Waals surface area contributed by atoms with Gasteiger partial charge in [0, 0.05) is 0 Å². The first-order valence-electron chi connectivity index (χ1n) is 3.94. The van der Waals surface area contributed by atoms with Crippen molar-refractivity contribution in [1.82, 2.24) is 5.32 Å². The fraction of sp³-hybridized carbons (Fsp3) is 0.333. The molecule has 0 saturated carbocycles. The summed E-state index contributed by atoms with van der Waals surface area (Å²) in [4.78, 5) is 11.5. The summed E-state index contributed by atoms with van der Waals surface area (Å²) in [5.74, 6) is -0.220. The molecule has 0 aliphatic heterocycles. The molecule has 4 nitrogen and oxygen atoms in total. The van der Waals surface area contributed by atoms with Crippen LogP contribution in [0, 0.1) is 11.3 Å². The Hall–Kier alpha value is -1.28. The second-order valence-electron chi connectivity index (χ2n) is 3.29. The number of carbonyl (C=O) groups excluding carboxylic acids is 1. The first-order chi connectivity index (χ1) is 6.44. The second-order valence-corrected chi connectivity index (χ2v) is 4.08. The van der Waals surface area contributed by atoms with E-state index in [1.54, 1.807) is 19.9 Å². The van der Waals surface area contributed by atoms with Gasteiger partial charge in [-0.2, -0.15) is 5.26 Å². The van der Waals surface area contributed by atoms with Crippen LogP contribution in [0.3, 0.4) is 0 Å². The highest BCUT2D eigenvalue weighted by Gasteiger charge is 2.21. The number of halogens is 1. The van der Waals surface area contributed by atoms with Crippen LogP contribution >= 0.6 is 15.9 Å². The molecule has 1 rings (SSSR count). The molecule has 74 valence electrons. The van der Waals surface area contributed by atoms with Crippen LogP contribution in [0.2, 0.25) is 0 Å². The van der Waals surface area contributed by atoms with Gasteiger partial charge in [-0.15, -0.1) is 0 Å². The summed E-state index contributed by atoms with van der Waals surface area (Å²) in [6, 6.07) is 5.12. The molecule has 0 radical (unpaired) electrons. The molecule has 14 heavy (non-hydrogen) atoms. The summed E-state index contributed by atoms with van der Waals surface area (Å²) < 4.78 is 5.51. The summed E-state index contributed by atoms with van der Waals surface area (Å²) in [5, 5.41) is 11.2. The van der Waals surface area contributed by atoms with E-state index < -0.39 is 11.4 Å². The Balaban J connectivity index is 2.74. The zero-order chi connectivity index (χ0) is 10.8. The molecule has 0 aliphatic carbocycles. The molecule has 1 aromatic heterocycles. The van der Waals surface area contributed by atoms with Crippen molar-refractivity contribution in [2.75, 3.05) is 0 Å². The van der Waals surface area contributed by atoms with E-state index in [2.05, 4.69) is 21.2 Å². The zero-order valence-corrected chi connectivity index (χ0v) is 9.38. The van der Waals surface area contributed by atoms with Crippen LogP contribution in [0.5, 0.6) is 0 Å². The van der Waals surface area contributed by atoms with Gasteiger partial charge in [0.05, 0.1) is 6.07 Å². The average Bonchev–Trinajstić information content (AvgIpc) is 2.51. The number of nitriles is 1. The molecule has 0 saturated heterocycles. The minimum Gasteiger partial charge on any atom is -0.444 e. The van der Waals surface area contributed by atoms with Crippen molar-refractivity contribution in [3.05, 3.63) is 22.6 Å². The minimum absolute atomic E-state index is 0.181. The van der Waals surface area contributed by atoms with E-state index >= 15 is 0 Å². The third-order valence-electron chi connectivity index (χ3n) is 1.50. The molecule has 1 N–H and O–H groups in total. The first kappa shape index (κ1) is 10.8. The maximum absolute atomic E-state index is 11.5. The number of nitrogens with one attached hydrogen (secondary N) is 1. The van der Waals surface area contributed by atoms with Gasteiger partial charge in [-0.05, 0) is 41.9 Å². The Morgan fingerprint density at radius 1 is 1.64 bits per heavy atom. The van der Waals surface area contributed by atoms with E-state index in [-0.39, 0.29) is 5.76 Å². The molecule has 1 heterocycles. The monoisotopic (exact) mass is 256 g/mol. The van der Waals surface area contributed by atoms with E-state index in [0.717, 1.165) is 0 Å². The summed E-state index contributed by atoms with van der Waals surface area (Å²) in [6.45, 7) is 3.23. The number of furan rings is 1. The maximum Gasteiger partial charge on any atom is 0.288 e. The van der Waals surface area contributed by atoms with E-state index in [9.17, 15) is 4.79 Å². The molecular weight excluding hydrogens is 248 g/mol. The number of amides is 1. The molecule has 0 aromatic carbocycles. The standard InChI is InChI=1S/C9H9BrN2O2/c1-9(2,5-11)12-8(13)6-3-4-7(10)14-6/h3-4H,1-2H3,(H,12,13). The van der Waals surface area contributed by atoms with Gasteiger partial charge >= 0.3 is 0 Å². The van der Waals surface area contributed by atoms with Gasteiger partial charge in [-0.25, -0.2) is 0 Å². The van der Waals surface area contributed by atoms with Crippen molar-refractivity contribution < 1.29 is 9.21 Å². The molecular formula is C9H9BrN2O2. The van der Waals surface area contributed by atoms with Crippen molar-refractivity contribution in [2.45, 2.75) is 19.4 Å². The first-order valence-corrected chi connectivity index (χ1v) is 4.73. The molecule has 0 fully saturated rings. The largest absolute Gasteiger partial charge is 0.444 e. The van der Waals surface area contributed by atoms with Gasteiger partial charge in [0.2, 0.25) is 0 Å². The maximum atomic E-state index is 11.5. The zero-order valence-electron chi connectivity index (χ0n) is 7.80. The fourth-order valence-corrected chi connectivity index (χ4v) is 1.12. The van der Waals surface area contributed by atoms with Crippen molar-refractivity contribution in [3.8, 4) is 6.07 Å². The van der Waals surface area contributed by atoms with E-state index in [4.69, 9.17) is 9.68 Å². The Bertz CT molecular complexity index is 390. The molecule has 0 unspecified atom stereocenters. The third-order valence-corrected chi connectivity index (χ3v) is 1.93. The lowest BCUT2D eigenvalue weighted by Crippen LogP contribution is -2.41. The predicted octanol–water partition coefficient (Wildman–Crippen LogP) is 2.07. The van der Waals surface area contributed by atoms with E-state index in [0.29, 0.717) is 4.67 Å². The smallest absolute Gasteiger partial charge is 0.288 e. The lowest BCUT2D eigenvalue weighted by Gasteiger charge is -2.15. The SMILES string of the molecule is CC(C)(C#N)NC(=O)c1ccc(Br)o1. The molecule has 5 heteroatoms. The third kappa shape index (κ3) is 2.60. The van der Waals surface area contributed by atoms with Crippen LogP contribution in [0.25, 0.3) is 0 Å². The van der Waals surface area contributed by atoms with Gasteiger partial charge < -0.3 is 9.73 Å². The predicted molar refractivity (Wildman–Crippen MR) is 53.6 cm³/mol. The fourth-order valence-electron chi connectivity index (χ4n) is 0.810. The molecule has 0 spiro atoms. The van der Waals surface area contributed by atoms with Crippen molar-refractivity contribution in [3.63, 3.8) is 0 Å². The second kappa shape index (κ2) is 3.84. The van der Waals surface area contributed by atoms with Gasteiger partial charge in [-0.3, -0.25) is 4.79 Å². The van der Waals surface area contributed by atoms with Crippen LogP contribution in [0.4, 0.5) is 0 Å². The Labute approximate surface area is 90.0 Å². The lowest BCUT2D eigenvalue weighted by molar-refractivity contribution is 0.0899. The van der Waals surface area contributed by atoms with Crippen LogP contribution in [0.15, 0.2) is 21.2 Å².